The Bertz CT molecular complexity index is 573. The third-order valence-electron chi connectivity index (χ3n) is 3.03. The molecule has 1 atom stereocenters. The van der Waals surface area contributed by atoms with Crippen LogP contribution in [0.4, 0.5) is 39.5 Å². The highest BCUT2D eigenvalue weighted by molar-refractivity contribution is 6.21. The zero-order valence-corrected chi connectivity index (χ0v) is 11.4. The van der Waals surface area contributed by atoms with Crippen molar-refractivity contribution in [3.8, 4) is 6.07 Å². The molecule has 0 fully saturated rings. The molecule has 0 aliphatic carbocycles. The number of hydrogen-bond acceptors (Lipinski definition) is 1. The Kier molecular flexibility index (Phi) is 4.88. The standard InChI is InChI=1S/C12H5ClF9N/c13-8(7-3-1-2-6(4-7)5-23)9(10(14,15)16,11(17,18)19)12(20,21)22/h1-4,8H. The predicted octanol–water partition coefficient (Wildman–Crippen LogP) is 5.51. The van der Waals surface area contributed by atoms with Crippen LogP contribution in [0.1, 0.15) is 16.5 Å². The lowest BCUT2D eigenvalue weighted by Crippen LogP contribution is -2.61. The Morgan fingerprint density at radius 1 is 0.870 bits per heavy atom. The normalized spacial score (nSPS) is 15.2. The molecule has 0 amide bonds. The van der Waals surface area contributed by atoms with Crippen molar-refractivity contribution in [3.05, 3.63) is 35.4 Å². The fourth-order valence-electron chi connectivity index (χ4n) is 1.93. The van der Waals surface area contributed by atoms with Gasteiger partial charge in [-0.1, -0.05) is 12.1 Å². The molecule has 1 aromatic rings. The molecule has 0 bridgehead atoms. The van der Waals surface area contributed by atoms with E-state index in [1.54, 1.807) is 0 Å². The lowest BCUT2D eigenvalue weighted by Gasteiger charge is -2.41. The van der Waals surface area contributed by atoms with Crippen molar-refractivity contribution in [2.24, 2.45) is 5.41 Å². The van der Waals surface area contributed by atoms with Crippen molar-refractivity contribution in [1.29, 1.82) is 5.26 Å². The molecule has 11 heteroatoms. The van der Waals surface area contributed by atoms with Crippen molar-refractivity contribution in [3.63, 3.8) is 0 Å². The Balaban J connectivity index is 3.73. The summed E-state index contributed by atoms with van der Waals surface area (Å²) in [6.45, 7) is 0. The van der Waals surface area contributed by atoms with Crippen LogP contribution in [0.25, 0.3) is 0 Å². The van der Waals surface area contributed by atoms with Crippen LogP contribution in [-0.2, 0) is 0 Å². The summed E-state index contributed by atoms with van der Waals surface area (Å²) in [6, 6.07) is 4.20. The molecule has 1 unspecified atom stereocenters. The first-order valence-electron chi connectivity index (χ1n) is 5.54. The summed E-state index contributed by atoms with van der Waals surface area (Å²) in [6.07, 6.45) is -20.3. The zero-order chi connectivity index (χ0) is 18.3. The molecule has 0 spiro atoms. The van der Waals surface area contributed by atoms with Crippen LogP contribution in [0, 0.1) is 16.7 Å². The van der Waals surface area contributed by atoms with Crippen molar-refractivity contribution < 1.29 is 39.5 Å². The highest BCUT2D eigenvalue weighted by Crippen LogP contribution is 2.66. The molecule has 0 N–H and O–H groups in total. The van der Waals surface area contributed by atoms with E-state index in [0.717, 1.165) is 12.1 Å². The van der Waals surface area contributed by atoms with Gasteiger partial charge in [0.05, 0.1) is 17.0 Å². The monoisotopic (exact) mass is 369 g/mol. The molecule has 1 aromatic carbocycles. The summed E-state index contributed by atoms with van der Waals surface area (Å²) < 4.78 is 116. The average molecular weight is 370 g/mol. The van der Waals surface area contributed by atoms with E-state index in [2.05, 4.69) is 0 Å². The lowest BCUT2D eigenvalue weighted by atomic mass is 9.78. The first-order chi connectivity index (χ1) is 10.2. The second-order valence-electron chi connectivity index (χ2n) is 4.40. The lowest BCUT2D eigenvalue weighted by molar-refractivity contribution is -0.428. The molecule has 0 aliphatic rings. The molecular formula is C12H5ClF9N. The molecule has 0 saturated carbocycles. The van der Waals surface area contributed by atoms with E-state index in [9.17, 15) is 39.5 Å². The first kappa shape index (κ1) is 19.4. The molecule has 0 saturated heterocycles. The maximum atomic E-state index is 12.9. The summed E-state index contributed by atoms with van der Waals surface area (Å²) in [4.78, 5) is 0. The van der Waals surface area contributed by atoms with Crippen LogP contribution < -0.4 is 0 Å². The van der Waals surface area contributed by atoms with Gasteiger partial charge >= 0.3 is 18.5 Å². The van der Waals surface area contributed by atoms with E-state index < -0.39 is 40.4 Å². The molecule has 1 rings (SSSR count). The fourth-order valence-corrected chi connectivity index (χ4v) is 2.44. The van der Waals surface area contributed by atoms with Crippen molar-refractivity contribution in [2.75, 3.05) is 0 Å². The van der Waals surface area contributed by atoms with E-state index >= 15 is 0 Å². The summed E-state index contributed by atoms with van der Waals surface area (Å²) >= 11 is 5.04. The van der Waals surface area contributed by atoms with Gasteiger partial charge in [0.15, 0.2) is 0 Å². The predicted molar refractivity (Wildman–Crippen MR) is 60.3 cm³/mol. The van der Waals surface area contributed by atoms with Gasteiger partial charge in [-0.15, -0.1) is 11.6 Å². The third kappa shape index (κ3) is 3.06. The fraction of sp³-hybridized carbons (Fsp3) is 0.417. The molecule has 0 radical (unpaired) electrons. The minimum Gasteiger partial charge on any atom is -0.192 e. The molecule has 23 heavy (non-hydrogen) atoms. The minimum absolute atomic E-state index is 0.437. The zero-order valence-electron chi connectivity index (χ0n) is 10.6. The van der Waals surface area contributed by atoms with Gasteiger partial charge in [0, 0.05) is 0 Å². The molecule has 0 heterocycles. The molecule has 128 valence electrons. The smallest absolute Gasteiger partial charge is 0.192 e. The minimum atomic E-state index is -6.77. The summed E-state index contributed by atoms with van der Waals surface area (Å²) in [5, 5.41) is 5.01. The number of rotatable bonds is 2. The van der Waals surface area contributed by atoms with Gasteiger partial charge in [0.1, 0.15) is 0 Å². The van der Waals surface area contributed by atoms with Gasteiger partial charge in [0.25, 0.3) is 5.41 Å². The van der Waals surface area contributed by atoms with Crippen LogP contribution in [0.15, 0.2) is 24.3 Å². The highest BCUT2D eigenvalue weighted by atomic mass is 35.5. The van der Waals surface area contributed by atoms with Gasteiger partial charge in [-0.3, -0.25) is 0 Å². The van der Waals surface area contributed by atoms with Gasteiger partial charge in [0.2, 0.25) is 0 Å². The number of benzene rings is 1. The largest absolute Gasteiger partial charge is 0.413 e. The van der Waals surface area contributed by atoms with E-state index in [1.165, 1.54) is 6.07 Å². The summed E-state index contributed by atoms with van der Waals surface area (Å²) in [5.41, 5.74) is -7.74. The van der Waals surface area contributed by atoms with Crippen LogP contribution in [-0.4, -0.2) is 18.5 Å². The highest BCUT2D eigenvalue weighted by Gasteiger charge is 2.86. The number of alkyl halides is 10. The van der Waals surface area contributed by atoms with Crippen molar-refractivity contribution in [2.45, 2.75) is 23.9 Å². The average Bonchev–Trinajstić information content (AvgIpc) is 2.34. The summed E-state index contributed by atoms with van der Waals surface area (Å²) in [7, 11) is 0. The van der Waals surface area contributed by atoms with Crippen LogP contribution in [0.2, 0.25) is 0 Å². The second-order valence-corrected chi connectivity index (χ2v) is 4.84. The molecule has 0 aromatic heterocycles. The number of halogens is 10. The molecule has 1 nitrogen and oxygen atoms in total. The van der Waals surface area contributed by atoms with Crippen LogP contribution in [0.5, 0.6) is 0 Å². The van der Waals surface area contributed by atoms with Crippen LogP contribution in [0.3, 0.4) is 0 Å². The van der Waals surface area contributed by atoms with E-state index in [-0.39, 0.29) is 0 Å². The molecule has 0 aliphatic heterocycles. The SMILES string of the molecule is N#Cc1cccc(C(Cl)C(C(F)(F)F)(C(F)(F)F)C(F)(F)F)c1. The number of nitrogens with zero attached hydrogens (tertiary/aromatic N) is 1. The second kappa shape index (κ2) is 5.78. The Morgan fingerprint density at radius 3 is 1.65 bits per heavy atom. The van der Waals surface area contributed by atoms with Crippen LogP contribution >= 0.6 is 11.6 Å². The maximum Gasteiger partial charge on any atom is 0.413 e. The third-order valence-corrected chi connectivity index (χ3v) is 3.61. The van der Waals surface area contributed by atoms with Crippen molar-refractivity contribution in [1.82, 2.24) is 0 Å². The van der Waals surface area contributed by atoms with Gasteiger partial charge in [-0.05, 0) is 17.7 Å². The van der Waals surface area contributed by atoms with E-state index in [4.69, 9.17) is 16.9 Å². The Morgan fingerprint density at radius 2 is 1.30 bits per heavy atom. The topological polar surface area (TPSA) is 23.8 Å². The summed E-state index contributed by atoms with van der Waals surface area (Å²) in [5.74, 6) is 0. The van der Waals surface area contributed by atoms with Gasteiger partial charge in [-0.2, -0.15) is 44.8 Å². The van der Waals surface area contributed by atoms with E-state index in [0.29, 0.717) is 12.1 Å². The maximum absolute atomic E-state index is 12.9. The van der Waals surface area contributed by atoms with Gasteiger partial charge < -0.3 is 0 Å². The van der Waals surface area contributed by atoms with E-state index in [1.807, 2.05) is 0 Å². The first-order valence-corrected chi connectivity index (χ1v) is 5.98. The van der Waals surface area contributed by atoms with Crippen molar-refractivity contribution >= 4 is 11.6 Å². The number of nitriles is 1. The Labute approximate surface area is 128 Å². The van der Waals surface area contributed by atoms with Gasteiger partial charge in [-0.25, -0.2) is 0 Å². The Hall–Kier alpha value is -1.63. The number of hydrogen-bond donors (Lipinski definition) is 0. The molecular weight excluding hydrogens is 365 g/mol. The quantitative estimate of drug-likeness (QED) is 0.498.